The van der Waals surface area contributed by atoms with E-state index in [0.717, 1.165) is 13.1 Å². The minimum atomic E-state index is -0.668. The Morgan fingerprint density at radius 1 is 1.35 bits per heavy atom. The Kier molecular flexibility index (Phi) is 5.98. The van der Waals surface area contributed by atoms with Crippen molar-refractivity contribution in [1.29, 1.82) is 0 Å². The molecule has 0 aromatic carbocycles. The van der Waals surface area contributed by atoms with Crippen LogP contribution < -0.4 is 11.1 Å². The highest BCUT2D eigenvalue weighted by atomic mass is 16.5. The van der Waals surface area contributed by atoms with E-state index < -0.39 is 5.54 Å². The normalized spacial score (nSPS) is 29.1. The van der Waals surface area contributed by atoms with Crippen molar-refractivity contribution >= 4 is 5.91 Å². The van der Waals surface area contributed by atoms with Gasteiger partial charge in [0, 0.05) is 25.2 Å². The monoisotopic (exact) mass is 285 g/mol. The molecule has 0 aromatic heterocycles. The molecule has 5 heteroatoms. The maximum atomic E-state index is 11.8. The smallest absolute Gasteiger partial charge is 0.237 e. The van der Waals surface area contributed by atoms with Gasteiger partial charge in [0.1, 0.15) is 0 Å². The number of nitrogens with one attached hydrogen (secondary N) is 1. The van der Waals surface area contributed by atoms with Crippen molar-refractivity contribution in [3.63, 3.8) is 0 Å². The molecular formula is C15H31N3O2. The van der Waals surface area contributed by atoms with E-state index in [1.54, 1.807) is 0 Å². The van der Waals surface area contributed by atoms with Gasteiger partial charge in [-0.15, -0.1) is 0 Å². The van der Waals surface area contributed by atoms with Crippen LogP contribution in [-0.2, 0) is 9.53 Å². The lowest BCUT2D eigenvalue weighted by atomic mass is 9.90. The molecule has 3 N–H and O–H groups in total. The van der Waals surface area contributed by atoms with Crippen molar-refractivity contribution in [3.05, 3.63) is 0 Å². The summed E-state index contributed by atoms with van der Waals surface area (Å²) in [7, 11) is 0. The van der Waals surface area contributed by atoms with Crippen molar-refractivity contribution < 1.29 is 9.53 Å². The highest BCUT2D eigenvalue weighted by Gasteiger charge is 2.36. The molecule has 20 heavy (non-hydrogen) atoms. The standard InChI is InChI=1S/C15H31N3O2/c1-10(2)17-15(6,14(16)19)7-11(3)18-8-12(4)20-13(5)9-18/h10-13,17H,7-9H2,1-6H3,(H2,16,19)/t11?,12-,13+,15?. The van der Waals surface area contributed by atoms with Gasteiger partial charge >= 0.3 is 0 Å². The summed E-state index contributed by atoms with van der Waals surface area (Å²) in [5.41, 5.74) is 4.94. The highest BCUT2D eigenvalue weighted by Crippen LogP contribution is 2.21. The second-order valence-corrected chi connectivity index (χ2v) is 6.76. The molecule has 1 saturated heterocycles. The minimum Gasteiger partial charge on any atom is -0.373 e. The van der Waals surface area contributed by atoms with Crippen molar-refractivity contribution in [2.45, 2.75) is 77.8 Å². The molecule has 1 amide bonds. The maximum Gasteiger partial charge on any atom is 0.237 e. The van der Waals surface area contributed by atoms with Gasteiger partial charge in [-0.2, -0.15) is 0 Å². The first-order valence-electron chi connectivity index (χ1n) is 7.61. The number of nitrogens with two attached hydrogens (primary N) is 1. The second kappa shape index (κ2) is 6.87. The molecule has 0 radical (unpaired) electrons. The molecule has 1 aliphatic rings. The lowest BCUT2D eigenvalue weighted by Crippen LogP contribution is -2.59. The molecule has 5 nitrogen and oxygen atoms in total. The van der Waals surface area contributed by atoms with Crippen LogP contribution in [-0.4, -0.2) is 53.7 Å². The Morgan fingerprint density at radius 3 is 2.25 bits per heavy atom. The Bertz CT molecular complexity index is 325. The summed E-state index contributed by atoms with van der Waals surface area (Å²) in [4.78, 5) is 14.2. The van der Waals surface area contributed by atoms with Gasteiger partial charge in [-0.1, -0.05) is 0 Å². The van der Waals surface area contributed by atoms with Gasteiger partial charge in [-0.05, 0) is 48.0 Å². The molecule has 0 spiro atoms. The molecule has 1 fully saturated rings. The number of nitrogens with zero attached hydrogens (tertiary/aromatic N) is 1. The average Bonchev–Trinajstić information content (AvgIpc) is 2.25. The summed E-state index contributed by atoms with van der Waals surface area (Å²) in [6.07, 6.45) is 1.18. The summed E-state index contributed by atoms with van der Waals surface area (Å²) in [5, 5.41) is 3.32. The summed E-state index contributed by atoms with van der Waals surface area (Å²) >= 11 is 0. The number of rotatable bonds is 6. The van der Waals surface area contributed by atoms with Crippen LogP contribution in [0.1, 0.15) is 48.0 Å². The molecule has 118 valence electrons. The number of hydrogen-bond donors (Lipinski definition) is 2. The molecule has 0 aromatic rings. The second-order valence-electron chi connectivity index (χ2n) is 6.76. The number of hydrogen-bond acceptors (Lipinski definition) is 4. The first-order chi connectivity index (χ1) is 9.14. The van der Waals surface area contributed by atoms with Gasteiger partial charge in [-0.3, -0.25) is 9.69 Å². The number of morpholine rings is 1. The van der Waals surface area contributed by atoms with Gasteiger partial charge in [0.05, 0.1) is 17.7 Å². The van der Waals surface area contributed by atoms with Crippen LogP contribution in [0.5, 0.6) is 0 Å². The van der Waals surface area contributed by atoms with Crippen molar-refractivity contribution in [1.82, 2.24) is 10.2 Å². The quantitative estimate of drug-likeness (QED) is 0.767. The molecule has 0 bridgehead atoms. The predicted octanol–water partition coefficient (Wildman–Crippen LogP) is 1.12. The van der Waals surface area contributed by atoms with Gasteiger partial charge < -0.3 is 15.8 Å². The number of primary amides is 1. The minimum absolute atomic E-state index is 0.224. The number of carbonyl (C=O) groups excluding carboxylic acids is 1. The van der Waals surface area contributed by atoms with Crippen LogP contribution in [0.3, 0.4) is 0 Å². The Hall–Kier alpha value is -0.650. The summed E-state index contributed by atoms with van der Waals surface area (Å²) in [6, 6.07) is 0.509. The summed E-state index contributed by atoms with van der Waals surface area (Å²) in [6.45, 7) is 14.1. The van der Waals surface area contributed by atoms with Crippen LogP contribution in [0.25, 0.3) is 0 Å². The third kappa shape index (κ3) is 4.72. The molecule has 1 rings (SSSR count). The van der Waals surface area contributed by atoms with E-state index in [1.165, 1.54) is 0 Å². The van der Waals surface area contributed by atoms with Crippen molar-refractivity contribution in [2.75, 3.05) is 13.1 Å². The number of amides is 1. The van der Waals surface area contributed by atoms with Gasteiger partial charge in [0.2, 0.25) is 5.91 Å². The SMILES string of the molecule is CC(C)NC(C)(CC(C)N1C[C@@H](C)O[C@@H](C)C1)C(N)=O. The highest BCUT2D eigenvalue weighted by molar-refractivity contribution is 5.84. The molecule has 0 aliphatic carbocycles. The zero-order valence-corrected chi connectivity index (χ0v) is 13.8. The zero-order chi connectivity index (χ0) is 15.5. The van der Waals surface area contributed by atoms with E-state index in [1.807, 2.05) is 20.8 Å². The predicted molar refractivity (Wildman–Crippen MR) is 81.5 cm³/mol. The first kappa shape index (κ1) is 17.4. The van der Waals surface area contributed by atoms with E-state index in [2.05, 4.69) is 31.0 Å². The molecule has 1 aliphatic heterocycles. The first-order valence-corrected chi connectivity index (χ1v) is 7.61. The Balaban J connectivity index is 2.70. The number of ether oxygens (including phenoxy) is 1. The molecule has 4 atom stereocenters. The Labute approximate surface area is 123 Å². The van der Waals surface area contributed by atoms with Crippen molar-refractivity contribution in [2.24, 2.45) is 5.73 Å². The Morgan fingerprint density at radius 2 is 1.85 bits per heavy atom. The van der Waals surface area contributed by atoms with Crippen LogP contribution in [0.15, 0.2) is 0 Å². The maximum absolute atomic E-state index is 11.8. The van der Waals surface area contributed by atoms with Gasteiger partial charge in [0.25, 0.3) is 0 Å². The topological polar surface area (TPSA) is 67.6 Å². The lowest BCUT2D eigenvalue weighted by molar-refractivity contribution is -0.125. The summed E-state index contributed by atoms with van der Waals surface area (Å²) < 4.78 is 5.76. The van der Waals surface area contributed by atoms with Crippen LogP contribution >= 0.6 is 0 Å². The van der Waals surface area contributed by atoms with E-state index in [-0.39, 0.29) is 30.2 Å². The third-order valence-electron chi connectivity index (χ3n) is 3.93. The molecule has 0 saturated carbocycles. The van der Waals surface area contributed by atoms with Crippen LogP contribution in [0.2, 0.25) is 0 Å². The fourth-order valence-corrected chi connectivity index (χ4v) is 3.17. The van der Waals surface area contributed by atoms with E-state index >= 15 is 0 Å². The van der Waals surface area contributed by atoms with Gasteiger partial charge in [0.15, 0.2) is 0 Å². The molecule has 2 unspecified atom stereocenters. The lowest BCUT2D eigenvalue weighted by Gasteiger charge is -2.42. The summed E-state index contributed by atoms with van der Waals surface area (Å²) in [5.74, 6) is -0.285. The number of carbonyl (C=O) groups is 1. The van der Waals surface area contributed by atoms with Crippen LogP contribution in [0, 0.1) is 0 Å². The van der Waals surface area contributed by atoms with E-state index in [0.29, 0.717) is 6.42 Å². The van der Waals surface area contributed by atoms with Gasteiger partial charge in [-0.25, -0.2) is 0 Å². The van der Waals surface area contributed by atoms with Crippen molar-refractivity contribution in [3.8, 4) is 0 Å². The molecule has 1 heterocycles. The third-order valence-corrected chi connectivity index (χ3v) is 3.93. The largest absolute Gasteiger partial charge is 0.373 e. The van der Waals surface area contributed by atoms with E-state index in [9.17, 15) is 4.79 Å². The zero-order valence-electron chi connectivity index (χ0n) is 13.8. The average molecular weight is 285 g/mol. The van der Waals surface area contributed by atoms with E-state index in [4.69, 9.17) is 10.5 Å². The van der Waals surface area contributed by atoms with Crippen LogP contribution in [0.4, 0.5) is 0 Å². The molecular weight excluding hydrogens is 254 g/mol. The fourth-order valence-electron chi connectivity index (χ4n) is 3.17. The fraction of sp³-hybridized carbons (Fsp3) is 0.933.